The van der Waals surface area contributed by atoms with E-state index >= 15 is 0 Å². The normalized spacial score (nSPS) is 13.9. The molecule has 0 bridgehead atoms. The van der Waals surface area contributed by atoms with Crippen molar-refractivity contribution in [3.05, 3.63) is 88.0 Å². The number of hydrogen-bond donors (Lipinski definition) is 2. The number of aromatic carboxylic acids is 1. The quantitative estimate of drug-likeness (QED) is 0.0814. The molecule has 4 aromatic rings. The molecule has 0 saturated heterocycles. The first-order valence-electron chi connectivity index (χ1n) is 16.5. The molecule has 1 aliphatic rings. The molecule has 0 unspecified atom stereocenters. The molecule has 12 nitrogen and oxygen atoms in total. The molecule has 1 aromatic heterocycles. The average molecular weight is 691 g/mol. The van der Waals surface area contributed by atoms with Crippen LogP contribution in [-0.2, 0) is 21.9 Å². The molecule has 1 saturated carbocycles. The molecular formula is C36H42N4O8S. The van der Waals surface area contributed by atoms with Crippen molar-refractivity contribution in [1.29, 1.82) is 0 Å². The smallest absolute Gasteiger partial charge is 0.335 e. The molecule has 3 aromatic carbocycles. The molecule has 1 fully saturated rings. The number of carboxylic acid groups (broad SMARTS) is 1. The zero-order valence-electron chi connectivity index (χ0n) is 27.8. The summed E-state index contributed by atoms with van der Waals surface area (Å²) in [7, 11) is -0.686. The van der Waals surface area contributed by atoms with Gasteiger partial charge in [0.1, 0.15) is 5.75 Å². The Labute approximate surface area is 285 Å². The Morgan fingerprint density at radius 3 is 2.47 bits per heavy atom. The van der Waals surface area contributed by atoms with Crippen molar-refractivity contribution in [2.24, 2.45) is 7.05 Å². The highest BCUT2D eigenvalue weighted by atomic mass is 32.2. The lowest BCUT2D eigenvalue weighted by Crippen LogP contribution is -2.30. The molecule has 2 N–H and O–H groups in total. The number of amides is 1. The first-order valence-corrected chi connectivity index (χ1v) is 18.0. The second-order valence-electron chi connectivity index (χ2n) is 12.4. The third-order valence-electron chi connectivity index (χ3n) is 9.22. The number of benzene rings is 3. The van der Waals surface area contributed by atoms with Crippen LogP contribution in [0, 0.1) is 10.1 Å². The Balaban J connectivity index is 1.19. The summed E-state index contributed by atoms with van der Waals surface area (Å²) >= 11 is 0. The number of fused-ring (bicyclic) bond motifs is 1. The van der Waals surface area contributed by atoms with E-state index in [1.54, 1.807) is 12.1 Å². The number of sulfonamides is 1. The molecule has 0 radical (unpaired) electrons. The maximum absolute atomic E-state index is 12.9. The van der Waals surface area contributed by atoms with Crippen molar-refractivity contribution >= 4 is 38.5 Å². The fraction of sp³-hybridized carbons (Fsp3) is 0.389. The molecule has 1 amide bonds. The first-order chi connectivity index (χ1) is 23.5. The monoisotopic (exact) mass is 690 g/mol. The molecular weight excluding hydrogens is 648 g/mol. The predicted molar refractivity (Wildman–Crippen MR) is 186 cm³/mol. The zero-order chi connectivity index (χ0) is 35.1. The lowest BCUT2D eigenvalue weighted by atomic mass is 9.81. The van der Waals surface area contributed by atoms with Gasteiger partial charge < -0.3 is 19.7 Å². The van der Waals surface area contributed by atoms with Crippen LogP contribution >= 0.6 is 0 Å². The minimum absolute atomic E-state index is 0.177. The number of ether oxygens (including phenoxy) is 1. The lowest BCUT2D eigenvalue weighted by Gasteiger charge is -2.24. The van der Waals surface area contributed by atoms with Crippen LogP contribution in [0.15, 0.2) is 71.6 Å². The second kappa shape index (κ2) is 15.6. The summed E-state index contributed by atoms with van der Waals surface area (Å²) in [6, 6.07) is 18.2. The molecule has 0 atom stereocenters. The van der Waals surface area contributed by atoms with E-state index in [9.17, 15) is 33.2 Å². The van der Waals surface area contributed by atoms with Gasteiger partial charge in [0.15, 0.2) is 11.5 Å². The van der Waals surface area contributed by atoms with Gasteiger partial charge in [0.25, 0.3) is 11.6 Å². The number of hydrogen-bond acceptors (Lipinski definition) is 7. The summed E-state index contributed by atoms with van der Waals surface area (Å²) in [5, 5.41) is 24.8. The summed E-state index contributed by atoms with van der Waals surface area (Å²) in [5.41, 5.74) is 3.61. The third-order valence-corrected chi connectivity index (χ3v) is 11.1. The van der Waals surface area contributed by atoms with E-state index in [0.717, 1.165) is 52.1 Å². The van der Waals surface area contributed by atoms with Crippen molar-refractivity contribution in [2.75, 3.05) is 26.7 Å². The van der Waals surface area contributed by atoms with Crippen molar-refractivity contribution in [3.63, 3.8) is 0 Å². The minimum Gasteiger partial charge on any atom is -0.483 e. The second-order valence-corrected chi connectivity index (χ2v) is 14.5. The van der Waals surface area contributed by atoms with Gasteiger partial charge in [0, 0.05) is 49.7 Å². The number of nitro groups is 1. The van der Waals surface area contributed by atoms with Crippen LogP contribution in [0.1, 0.15) is 73.2 Å². The van der Waals surface area contributed by atoms with Crippen LogP contribution in [0.2, 0.25) is 0 Å². The Kier molecular flexibility index (Phi) is 11.4. The topological polar surface area (TPSA) is 161 Å². The number of unbranched alkanes of at least 4 members (excludes halogenated alkanes) is 2. The summed E-state index contributed by atoms with van der Waals surface area (Å²) in [5.74, 6) is -0.380. The number of nitrogens with one attached hydrogen (secondary N) is 1. The van der Waals surface area contributed by atoms with Gasteiger partial charge in [-0.05, 0) is 67.5 Å². The maximum atomic E-state index is 12.9. The van der Waals surface area contributed by atoms with Crippen LogP contribution in [0.3, 0.4) is 0 Å². The Morgan fingerprint density at radius 1 is 1.02 bits per heavy atom. The molecule has 0 aliphatic heterocycles. The summed E-state index contributed by atoms with van der Waals surface area (Å²) < 4.78 is 35.0. The fourth-order valence-electron chi connectivity index (χ4n) is 6.69. The van der Waals surface area contributed by atoms with Gasteiger partial charge in [0.05, 0.1) is 16.2 Å². The van der Waals surface area contributed by atoms with Gasteiger partial charge in [-0.15, -0.1) is 0 Å². The highest BCUT2D eigenvalue weighted by molar-refractivity contribution is 7.89. The predicted octanol–water partition coefficient (Wildman–Crippen LogP) is 6.49. The fourth-order valence-corrected chi connectivity index (χ4v) is 8.05. The maximum Gasteiger partial charge on any atom is 0.335 e. The van der Waals surface area contributed by atoms with Gasteiger partial charge in [-0.2, -0.15) is 0 Å². The van der Waals surface area contributed by atoms with E-state index in [1.165, 1.54) is 43.3 Å². The molecule has 5 rings (SSSR count). The number of carbonyl (C=O) groups excluding carboxylic acids is 1. The lowest BCUT2D eigenvalue weighted by molar-refractivity contribution is -0.387. The highest BCUT2D eigenvalue weighted by Gasteiger charge is 2.29. The minimum atomic E-state index is -4.02. The van der Waals surface area contributed by atoms with Crippen LogP contribution in [0.4, 0.5) is 5.69 Å². The van der Waals surface area contributed by atoms with Crippen LogP contribution in [0.5, 0.6) is 5.75 Å². The number of aryl methyl sites for hydroxylation is 1. The van der Waals surface area contributed by atoms with Crippen LogP contribution < -0.4 is 10.1 Å². The van der Waals surface area contributed by atoms with Crippen molar-refractivity contribution < 1.29 is 32.8 Å². The Bertz CT molecular complexity index is 1950. The molecule has 1 heterocycles. The summed E-state index contributed by atoms with van der Waals surface area (Å²) in [6.45, 7) is 0.363. The van der Waals surface area contributed by atoms with Crippen molar-refractivity contribution in [2.45, 2.75) is 62.2 Å². The van der Waals surface area contributed by atoms with E-state index in [4.69, 9.17) is 4.74 Å². The van der Waals surface area contributed by atoms with Crippen molar-refractivity contribution in [1.82, 2.24) is 14.2 Å². The SMILES string of the molecule is CN(CCCCCNC(=O)COc1ccccc1-c1c(C2CCCCC2)c2ccc(C(=O)O)cc2n1C)S(=O)(=O)c1ccccc1[N+](=O)[O-]. The van der Waals surface area contributed by atoms with E-state index in [0.29, 0.717) is 37.5 Å². The number of para-hydroxylation sites is 2. The molecule has 260 valence electrons. The number of nitrogens with zero attached hydrogens (tertiary/aromatic N) is 3. The Morgan fingerprint density at radius 2 is 1.73 bits per heavy atom. The first kappa shape index (κ1) is 35.6. The Hall–Kier alpha value is -4.75. The molecule has 1 aliphatic carbocycles. The average Bonchev–Trinajstić information content (AvgIpc) is 3.40. The summed E-state index contributed by atoms with van der Waals surface area (Å²) in [6.07, 6.45) is 7.35. The molecule has 49 heavy (non-hydrogen) atoms. The number of carbonyl (C=O) groups is 2. The van der Waals surface area contributed by atoms with E-state index < -0.39 is 26.6 Å². The van der Waals surface area contributed by atoms with Gasteiger partial charge in [-0.3, -0.25) is 14.9 Å². The highest BCUT2D eigenvalue weighted by Crippen LogP contribution is 2.45. The largest absolute Gasteiger partial charge is 0.483 e. The van der Waals surface area contributed by atoms with Gasteiger partial charge in [-0.25, -0.2) is 17.5 Å². The zero-order valence-corrected chi connectivity index (χ0v) is 28.6. The van der Waals surface area contributed by atoms with Crippen molar-refractivity contribution in [3.8, 4) is 17.0 Å². The molecule has 13 heteroatoms. The van der Waals surface area contributed by atoms with Crippen LogP contribution in [-0.4, -0.2) is 65.9 Å². The van der Waals surface area contributed by atoms with Gasteiger partial charge >= 0.3 is 5.97 Å². The van der Waals surface area contributed by atoms with Crippen LogP contribution in [0.25, 0.3) is 22.2 Å². The number of aromatic nitrogens is 1. The van der Waals surface area contributed by atoms with E-state index in [-0.39, 0.29) is 29.5 Å². The van der Waals surface area contributed by atoms with Gasteiger partial charge in [0.2, 0.25) is 10.0 Å². The van der Waals surface area contributed by atoms with E-state index in [1.807, 2.05) is 41.9 Å². The number of carboxylic acids is 1. The summed E-state index contributed by atoms with van der Waals surface area (Å²) in [4.78, 5) is 34.8. The van der Waals surface area contributed by atoms with Gasteiger partial charge in [-0.1, -0.05) is 56.0 Å². The number of nitro benzene ring substituents is 1. The van der Waals surface area contributed by atoms with E-state index in [2.05, 4.69) is 5.32 Å². The third kappa shape index (κ3) is 7.94. The standard InChI is InChI=1S/C36H42N4O8S/c1-38(49(46,47)32-18-10-8-16-29(32)40(44)45)22-12-4-11-21-37-33(41)24-48-31-17-9-7-15-28(31)35-34(25-13-5-3-6-14-25)27-20-19-26(36(42)43)23-30(27)39(35)2/h7-10,15-20,23,25H,3-6,11-14,21-22,24H2,1-2H3,(H,37,41)(H,42,43). The molecule has 0 spiro atoms. The number of rotatable bonds is 15.